The Balaban J connectivity index is 1.69. The van der Waals surface area contributed by atoms with Crippen LogP contribution < -0.4 is 5.32 Å². The van der Waals surface area contributed by atoms with Crippen LogP contribution in [0.2, 0.25) is 5.15 Å². The van der Waals surface area contributed by atoms with Gasteiger partial charge in [-0.25, -0.2) is 9.97 Å². The Hall–Kier alpha value is -2.38. The van der Waals surface area contributed by atoms with Gasteiger partial charge >= 0.3 is 0 Å². The van der Waals surface area contributed by atoms with Crippen molar-refractivity contribution in [2.24, 2.45) is 0 Å². The molecular formula is C21H24ClN5OS. The van der Waals surface area contributed by atoms with Gasteiger partial charge in [-0.2, -0.15) is 5.10 Å². The summed E-state index contributed by atoms with van der Waals surface area (Å²) in [6, 6.07) is 9.52. The molecule has 29 heavy (non-hydrogen) atoms. The first-order valence-electron chi connectivity index (χ1n) is 9.52. The molecule has 0 fully saturated rings. The maximum absolute atomic E-state index is 12.7. The first kappa shape index (κ1) is 21.3. The largest absolute Gasteiger partial charge is 0.322 e. The van der Waals surface area contributed by atoms with E-state index < -0.39 is 0 Å². The number of carbonyl (C=O) groups excluding carboxylic acids is 1. The van der Waals surface area contributed by atoms with Gasteiger partial charge < -0.3 is 5.32 Å². The molecule has 1 aromatic carbocycles. The maximum Gasteiger partial charge on any atom is 0.260 e. The summed E-state index contributed by atoms with van der Waals surface area (Å²) in [6.45, 7) is 8.51. The number of nitrogens with one attached hydrogen (secondary N) is 1. The van der Waals surface area contributed by atoms with Gasteiger partial charge in [0.15, 0.2) is 5.16 Å². The highest BCUT2D eigenvalue weighted by atomic mass is 35.5. The topological polar surface area (TPSA) is 72.7 Å². The zero-order chi connectivity index (χ0) is 21.0. The molecule has 0 spiro atoms. The molecule has 0 atom stereocenters. The summed E-state index contributed by atoms with van der Waals surface area (Å²) >= 11 is 7.88. The van der Waals surface area contributed by atoms with Crippen molar-refractivity contribution in [1.82, 2.24) is 19.7 Å². The van der Waals surface area contributed by atoms with Crippen LogP contribution in [0.5, 0.6) is 0 Å². The molecule has 3 aromatic rings. The van der Waals surface area contributed by atoms with E-state index >= 15 is 0 Å². The van der Waals surface area contributed by atoms with Crippen LogP contribution in [0, 0.1) is 20.8 Å². The third-order valence-corrected chi connectivity index (χ3v) is 5.56. The van der Waals surface area contributed by atoms with Crippen LogP contribution in [0.1, 0.15) is 47.2 Å². The van der Waals surface area contributed by atoms with Crippen molar-refractivity contribution in [2.75, 3.05) is 5.32 Å². The first-order valence-corrected chi connectivity index (χ1v) is 10.7. The highest BCUT2D eigenvalue weighted by Gasteiger charge is 2.20. The molecule has 6 nitrogen and oxygen atoms in total. The summed E-state index contributed by atoms with van der Waals surface area (Å²) in [5, 5.41) is 8.39. The lowest BCUT2D eigenvalue weighted by atomic mass is 10.2. The lowest BCUT2D eigenvalue weighted by Crippen LogP contribution is -2.13. The van der Waals surface area contributed by atoms with Crippen LogP contribution >= 0.6 is 23.4 Å². The van der Waals surface area contributed by atoms with Crippen LogP contribution in [0.4, 0.5) is 5.69 Å². The van der Waals surface area contributed by atoms with Gasteiger partial charge in [0.25, 0.3) is 5.91 Å². The van der Waals surface area contributed by atoms with E-state index in [2.05, 4.69) is 27.3 Å². The van der Waals surface area contributed by atoms with Crippen molar-refractivity contribution < 1.29 is 4.79 Å². The van der Waals surface area contributed by atoms with Gasteiger partial charge in [0.2, 0.25) is 0 Å². The van der Waals surface area contributed by atoms with Crippen molar-refractivity contribution in [3.05, 3.63) is 58.1 Å². The van der Waals surface area contributed by atoms with Gasteiger partial charge in [0, 0.05) is 28.5 Å². The van der Waals surface area contributed by atoms with Crippen LogP contribution in [0.3, 0.4) is 0 Å². The van der Waals surface area contributed by atoms with Crippen LogP contribution in [-0.2, 0) is 6.54 Å². The molecule has 1 amide bonds. The van der Waals surface area contributed by atoms with Crippen molar-refractivity contribution in [3.63, 3.8) is 0 Å². The summed E-state index contributed by atoms with van der Waals surface area (Å²) < 4.78 is 1.69. The predicted octanol–water partition coefficient (Wildman–Crippen LogP) is 5.46. The number of rotatable bonds is 7. The fraction of sp³-hybridized carbons (Fsp3) is 0.333. The van der Waals surface area contributed by atoms with E-state index in [1.165, 1.54) is 11.8 Å². The number of carbonyl (C=O) groups is 1. The maximum atomic E-state index is 12.7. The van der Waals surface area contributed by atoms with Crippen LogP contribution in [0.15, 0.2) is 40.4 Å². The second-order valence-electron chi connectivity index (χ2n) is 6.84. The van der Waals surface area contributed by atoms with Gasteiger partial charge in [0.1, 0.15) is 5.15 Å². The molecule has 152 valence electrons. The number of anilines is 1. The molecule has 0 saturated carbocycles. The molecule has 3 rings (SSSR count). The predicted molar refractivity (Wildman–Crippen MR) is 117 cm³/mol. The first-order chi connectivity index (χ1) is 13.9. The highest BCUT2D eigenvalue weighted by molar-refractivity contribution is 7.99. The number of halogens is 1. The molecule has 2 aromatic heterocycles. The van der Waals surface area contributed by atoms with Gasteiger partial charge in [-0.1, -0.05) is 24.9 Å². The molecule has 0 bridgehead atoms. The summed E-state index contributed by atoms with van der Waals surface area (Å²) in [7, 11) is 0. The average molecular weight is 430 g/mol. The summed E-state index contributed by atoms with van der Waals surface area (Å²) in [5.41, 5.74) is 3.62. The van der Waals surface area contributed by atoms with E-state index in [0.29, 0.717) is 33.8 Å². The molecule has 2 heterocycles. The Kier molecular flexibility index (Phi) is 6.92. The van der Waals surface area contributed by atoms with Gasteiger partial charge in [-0.3, -0.25) is 9.48 Å². The Morgan fingerprint density at radius 3 is 2.41 bits per heavy atom. The molecule has 1 N–H and O–H groups in total. The summed E-state index contributed by atoms with van der Waals surface area (Å²) in [5.74, 6) is -0.256. The number of amides is 1. The zero-order valence-corrected chi connectivity index (χ0v) is 18.6. The molecule has 0 saturated heterocycles. The Bertz CT molecular complexity index is 996. The molecule has 0 aliphatic carbocycles. The second kappa shape index (κ2) is 9.41. The normalized spacial score (nSPS) is 10.9. The Morgan fingerprint density at radius 2 is 1.79 bits per heavy atom. The van der Waals surface area contributed by atoms with E-state index in [1.807, 2.05) is 44.2 Å². The Morgan fingerprint density at radius 1 is 1.14 bits per heavy atom. The summed E-state index contributed by atoms with van der Waals surface area (Å²) in [4.78, 5) is 22.6. The SMILES string of the molecule is CCCCn1nc(C)c(C(=O)Nc2ccc(Sc3nc(C)cc(C)n3)cc2)c1Cl. The molecule has 8 heteroatoms. The minimum atomic E-state index is -0.256. The average Bonchev–Trinajstić information content (AvgIpc) is 2.94. The van der Waals surface area contributed by atoms with E-state index in [1.54, 1.807) is 11.6 Å². The van der Waals surface area contributed by atoms with Crippen molar-refractivity contribution in [1.29, 1.82) is 0 Å². The van der Waals surface area contributed by atoms with Crippen molar-refractivity contribution >= 4 is 35.0 Å². The molecular weight excluding hydrogens is 406 g/mol. The standard InChI is InChI=1S/C21H24ClN5OS/c1-5-6-11-27-19(22)18(15(4)26-27)20(28)25-16-7-9-17(10-8-16)29-21-23-13(2)12-14(3)24-21/h7-10,12H,5-6,11H2,1-4H3,(H,25,28). The minimum absolute atomic E-state index is 0.256. The monoisotopic (exact) mass is 429 g/mol. The van der Waals surface area contributed by atoms with E-state index in [-0.39, 0.29) is 5.91 Å². The number of hydrogen-bond acceptors (Lipinski definition) is 5. The number of unbranched alkanes of at least 4 members (excludes halogenated alkanes) is 1. The third-order valence-electron chi connectivity index (χ3n) is 4.30. The molecule has 0 radical (unpaired) electrons. The van der Waals surface area contributed by atoms with Crippen LogP contribution in [0.25, 0.3) is 0 Å². The molecule has 0 aliphatic heterocycles. The van der Waals surface area contributed by atoms with E-state index in [4.69, 9.17) is 11.6 Å². The number of aromatic nitrogens is 4. The van der Waals surface area contributed by atoms with E-state index in [0.717, 1.165) is 29.1 Å². The Labute approximate surface area is 180 Å². The number of benzene rings is 1. The smallest absolute Gasteiger partial charge is 0.260 e. The minimum Gasteiger partial charge on any atom is -0.322 e. The highest BCUT2D eigenvalue weighted by Crippen LogP contribution is 2.27. The van der Waals surface area contributed by atoms with E-state index in [9.17, 15) is 4.79 Å². The third kappa shape index (κ3) is 5.36. The van der Waals surface area contributed by atoms with Crippen molar-refractivity contribution in [3.8, 4) is 0 Å². The van der Waals surface area contributed by atoms with Gasteiger partial charge in [-0.05, 0) is 69.3 Å². The lowest BCUT2D eigenvalue weighted by Gasteiger charge is -2.07. The summed E-state index contributed by atoms with van der Waals surface area (Å²) in [6.07, 6.45) is 2.00. The zero-order valence-electron chi connectivity index (χ0n) is 17.0. The number of hydrogen-bond donors (Lipinski definition) is 1. The van der Waals surface area contributed by atoms with Gasteiger partial charge in [0.05, 0.1) is 11.3 Å². The molecule has 0 unspecified atom stereocenters. The number of nitrogens with zero attached hydrogens (tertiary/aromatic N) is 4. The lowest BCUT2D eigenvalue weighted by molar-refractivity contribution is 0.102. The molecule has 0 aliphatic rings. The quantitative estimate of drug-likeness (QED) is 0.505. The fourth-order valence-electron chi connectivity index (χ4n) is 2.91. The second-order valence-corrected chi connectivity index (χ2v) is 8.24. The van der Waals surface area contributed by atoms with Gasteiger partial charge in [-0.15, -0.1) is 0 Å². The van der Waals surface area contributed by atoms with Crippen LogP contribution in [-0.4, -0.2) is 25.7 Å². The number of aryl methyl sites for hydroxylation is 4. The van der Waals surface area contributed by atoms with Crippen molar-refractivity contribution in [2.45, 2.75) is 57.1 Å². The fourth-order valence-corrected chi connectivity index (χ4v) is 4.12.